The van der Waals surface area contributed by atoms with E-state index in [4.69, 9.17) is 13.9 Å². The highest BCUT2D eigenvalue weighted by Gasteiger charge is 2.63. The van der Waals surface area contributed by atoms with Gasteiger partial charge in [0.05, 0.1) is 24.9 Å². The van der Waals surface area contributed by atoms with E-state index in [1.54, 1.807) is 6.26 Å². The topological polar surface area (TPSA) is 86.0 Å². The minimum atomic E-state index is -0.886. The lowest BCUT2D eigenvalue weighted by Crippen LogP contribution is -2.64. The fourth-order valence-corrected chi connectivity index (χ4v) is 6.15. The maximum atomic E-state index is 12.9. The SMILES string of the molecule is COC(=O)[C@]1(C)CC[C@@H](OC(C)=O)[C@]2(C)c3cc4occc4c(C)c3C[C@@H](O)[C@H]21. The van der Waals surface area contributed by atoms with Gasteiger partial charge in [0.25, 0.3) is 0 Å². The summed E-state index contributed by atoms with van der Waals surface area (Å²) < 4.78 is 16.6. The molecule has 2 aliphatic carbocycles. The van der Waals surface area contributed by atoms with Crippen molar-refractivity contribution in [1.29, 1.82) is 0 Å². The Kier molecular flexibility index (Phi) is 4.53. The number of benzene rings is 1. The van der Waals surface area contributed by atoms with E-state index in [-0.39, 0.29) is 11.9 Å². The fraction of sp³-hybridized carbons (Fsp3) is 0.565. The van der Waals surface area contributed by atoms with Gasteiger partial charge in [0.15, 0.2) is 0 Å². The van der Waals surface area contributed by atoms with E-state index >= 15 is 0 Å². The van der Waals surface area contributed by atoms with Crippen LogP contribution in [0, 0.1) is 18.3 Å². The van der Waals surface area contributed by atoms with Crippen molar-refractivity contribution in [2.45, 2.75) is 64.6 Å². The summed E-state index contributed by atoms with van der Waals surface area (Å²) in [5.41, 5.74) is 2.18. The largest absolute Gasteiger partial charge is 0.469 e. The summed E-state index contributed by atoms with van der Waals surface area (Å²) in [5.74, 6) is -1.16. The van der Waals surface area contributed by atoms with E-state index in [9.17, 15) is 14.7 Å². The summed E-state index contributed by atoms with van der Waals surface area (Å²) in [7, 11) is 1.38. The first-order valence-electron chi connectivity index (χ1n) is 10.1. The smallest absolute Gasteiger partial charge is 0.311 e. The Morgan fingerprint density at radius 2 is 2.03 bits per heavy atom. The number of furan rings is 1. The highest BCUT2D eigenvalue weighted by Crippen LogP contribution is 2.59. The maximum Gasteiger partial charge on any atom is 0.311 e. The van der Waals surface area contributed by atoms with Crippen molar-refractivity contribution in [2.75, 3.05) is 7.11 Å². The second kappa shape index (κ2) is 6.59. The van der Waals surface area contributed by atoms with E-state index < -0.39 is 29.0 Å². The minimum absolute atomic E-state index is 0.340. The molecule has 0 unspecified atom stereocenters. The fourth-order valence-electron chi connectivity index (χ4n) is 6.15. The second-order valence-corrected chi connectivity index (χ2v) is 8.94. The van der Waals surface area contributed by atoms with Crippen LogP contribution in [0.2, 0.25) is 0 Å². The standard InChI is InChI=1S/C23H28O6/c1-12-14-7-9-28-18(14)11-16-15(12)10-17(25)20-22(3,21(26)27-5)8-6-19(23(16,20)4)29-13(2)24/h7,9,11,17,19-20,25H,6,8,10H2,1-5H3/t17-,19-,20+,22-,23+/m1/s1. The van der Waals surface area contributed by atoms with Gasteiger partial charge in [-0.25, -0.2) is 0 Å². The highest BCUT2D eigenvalue weighted by molar-refractivity contribution is 5.84. The molecule has 1 fully saturated rings. The van der Waals surface area contributed by atoms with Crippen LogP contribution in [0.5, 0.6) is 0 Å². The zero-order chi connectivity index (χ0) is 21.1. The quantitative estimate of drug-likeness (QED) is 0.778. The van der Waals surface area contributed by atoms with Crippen LogP contribution in [0.1, 0.15) is 50.3 Å². The van der Waals surface area contributed by atoms with Gasteiger partial charge >= 0.3 is 11.9 Å². The van der Waals surface area contributed by atoms with Crippen molar-refractivity contribution in [3.63, 3.8) is 0 Å². The van der Waals surface area contributed by atoms with Gasteiger partial charge in [-0.05, 0) is 61.9 Å². The number of hydrogen-bond donors (Lipinski definition) is 1. The molecule has 156 valence electrons. The van der Waals surface area contributed by atoms with Crippen molar-refractivity contribution in [1.82, 2.24) is 0 Å². The Labute approximate surface area is 170 Å². The summed E-state index contributed by atoms with van der Waals surface area (Å²) in [5, 5.41) is 12.3. The Balaban J connectivity index is 2.00. The number of carbonyl (C=O) groups excluding carboxylic acids is 2. The molecule has 0 radical (unpaired) electrons. The first-order chi connectivity index (χ1) is 13.6. The Morgan fingerprint density at radius 1 is 1.31 bits per heavy atom. The molecule has 1 saturated carbocycles. The molecule has 1 N–H and O–H groups in total. The number of ether oxygens (including phenoxy) is 2. The number of hydrogen-bond acceptors (Lipinski definition) is 6. The molecule has 0 saturated heterocycles. The van der Waals surface area contributed by atoms with Crippen LogP contribution in [-0.4, -0.2) is 36.4 Å². The molecule has 6 heteroatoms. The van der Waals surface area contributed by atoms with Crippen molar-refractivity contribution in [2.24, 2.45) is 11.3 Å². The van der Waals surface area contributed by atoms with Crippen LogP contribution >= 0.6 is 0 Å². The van der Waals surface area contributed by atoms with Crippen LogP contribution in [0.3, 0.4) is 0 Å². The molecular weight excluding hydrogens is 372 g/mol. The third-order valence-electron chi connectivity index (χ3n) is 7.42. The molecule has 0 aliphatic heterocycles. The second-order valence-electron chi connectivity index (χ2n) is 8.94. The number of methoxy groups -OCH3 is 1. The van der Waals surface area contributed by atoms with Gasteiger partial charge in [0.1, 0.15) is 11.7 Å². The third-order valence-corrected chi connectivity index (χ3v) is 7.42. The van der Waals surface area contributed by atoms with Gasteiger partial charge in [0.2, 0.25) is 0 Å². The summed E-state index contributed by atoms with van der Waals surface area (Å²) in [6, 6.07) is 3.92. The monoisotopic (exact) mass is 400 g/mol. The van der Waals surface area contributed by atoms with Crippen LogP contribution in [0.15, 0.2) is 22.8 Å². The summed E-state index contributed by atoms with van der Waals surface area (Å²) in [6.45, 7) is 7.28. The number of aliphatic hydroxyl groups excluding tert-OH is 1. The van der Waals surface area contributed by atoms with E-state index in [2.05, 4.69) is 0 Å². The zero-order valence-electron chi connectivity index (χ0n) is 17.6. The lowest BCUT2D eigenvalue weighted by molar-refractivity contribution is -0.184. The van der Waals surface area contributed by atoms with Gasteiger partial charge in [-0.2, -0.15) is 0 Å². The zero-order valence-corrected chi connectivity index (χ0v) is 17.6. The Hall–Kier alpha value is -2.34. The molecule has 1 aromatic heterocycles. The van der Waals surface area contributed by atoms with Crippen LogP contribution in [0.25, 0.3) is 11.0 Å². The molecule has 4 rings (SSSR count). The van der Waals surface area contributed by atoms with E-state index in [1.807, 2.05) is 32.9 Å². The molecule has 2 aromatic rings. The highest BCUT2D eigenvalue weighted by atomic mass is 16.5. The molecule has 0 amide bonds. The molecule has 1 heterocycles. The first-order valence-corrected chi connectivity index (χ1v) is 10.1. The van der Waals surface area contributed by atoms with Crippen molar-refractivity contribution in [3.05, 3.63) is 35.1 Å². The molecular formula is C23H28O6. The third kappa shape index (κ3) is 2.65. The molecule has 29 heavy (non-hydrogen) atoms. The predicted molar refractivity (Wildman–Crippen MR) is 106 cm³/mol. The van der Waals surface area contributed by atoms with Gasteiger partial charge in [-0.1, -0.05) is 6.92 Å². The van der Waals surface area contributed by atoms with Crippen LogP contribution < -0.4 is 0 Å². The van der Waals surface area contributed by atoms with Crippen molar-refractivity contribution >= 4 is 22.9 Å². The number of carbonyl (C=O) groups is 2. The average Bonchev–Trinajstić information content (AvgIpc) is 3.13. The van der Waals surface area contributed by atoms with Crippen molar-refractivity contribution < 1.29 is 28.6 Å². The molecule has 2 aliphatic rings. The number of aryl methyl sites for hydroxylation is 1. The van der Waals surface area contributed by atoms with Crippen molar-refractivity contribution in [3.8, 4) is 0 Å². The van der Waals surface area contributed by atoms with Crippen LogP contribution in [0.4, 0.5) is 0 Å². The summed E-state index contributed by atoms with van der Waals surface area (Å²) >= 11 is 0. The Morgan fingerprint density at radius 3 is 2.69 bits per heavy atom. The minimum Gasteiger partial charge on any atom is -0.469 e. The first kappa shape index (κ1) is 20.0. The molecule has 1 aromatic carbocycles. The lowest BCUT2D eigenvalue weighted by atomic mass is 9.47. The van der Waals surface area contributed by atoms with E-state index in [0.29, 0.717) is 19.3 Å². The average molecular weight is 400 g/mol. The summed E-state index contributed by atoms with van der Waals surface area (Å²) in [4.78, 5) is 24.8. The van der Waals surface area contributed by atoms with Gasteiger partial charge in [-0.3, -0.25) is 9.59 Å². The van der Waals surface area contributed by atoms with E-state index in [1.165, 1.54) is 14.0 Å². The lowest BCUT2D eigenvalue weighted by Gasteiger charge is -2.58. The molecule has 5 atom stereocenters. The van der Waals surface area contributed by atoms with Gasteiger partial charge < -0.3 is 19.0 Å². The predicted octanol–water partition coefficient (Wildman–Crippen LogP) is 3.44. The molecule has 6 nitrogen and oxygen atoms in total. The molecule has 0 bridgehead atoms. The maximum absolute atomic E-state index is 12.9. The van der Waals surface area contributed by atoms with Gasteiger partial charge in [0, 0.05) is 23.6 Å². The normalized spacial score (nSPS) is 33.7. The number of rotatable bonds is 2. The van der Waals surface area contributed by atoms with Crippen LogP contribution in [-0.2, 0) is 30.9 Å². The van der Waals surface area contributed by atoms with E-state index in [0.717, 1.165) is 27.7 Å². The Bertz CT molecular complexity index is 991. The number of fused-ring (bicyclic) bond motifs is 4. The van der Waals surface area contributed by atoms with Gasteiger partial charge in [-0.15, -0.1) is 0 Å². The number of esters is 2. The summed E-state index contributed by atoms with van der Waals surface area (Å²) in [6.07, 6.45) is 1.86. The molecule has 0 spiro atoms. The number of aliphatic hydroxyl groups is 1.